The summed E-state index contributed by atoms with van der Waals surface area (Å²) in [7, 11) is 2.24. The first-order chi connectivity index (χ1) is 9.59. The van der Waals surface area contributed by atoms with Gasteiger partial charge in [0.15, 0.2) is 0 Å². The molecule has 0 radical (unpaired) electrons. The van der Waals surface area contributed by atoms with Crippen LogP contribution in [0.3, 0.4) is 0 Å². The SMILES string of the molecule is C=CC(=O)Oc1ccc(CC[Si](OC)(OC)OC)cc1. The van der Waals surface area contributed by atoms with Gasteiger partial charge in [0.25, 0.3) is 0 Å². The van der Waals surface area contributed by atoms with Gasteiger partial charge < -0.3 is 18.0 Å². The van der Waals surface area contributed by atoms with E-state index in [1.165, 1.54) is 0 Å². The zero-order valence-corrected chi connectivity index (χ0v) is 13.0. The maximum atomic E-state index is 11.1. The fourth-order valence-corrected chi connectivity index (χ4v) is 3.44. The van der Waals surface area contributed by atoms with Crippen molar-refractivity contribution in [3.63, 3.8) is 0 Å². The number of benzene rings is 1. The van der Waals surface area contributed by atoms with Crippen molar-refractivity contribution in [2.45, 2.75) is 12.5 Å². The number of carbonyl (C=O) groups is 1. The lowest BCUT2D eigenvalue weighted by molar-refractivity contribution is -0.128. The van der Waals surface area contributed by atoms with E-state index in [0.717, 1.165) is 18.1 Å². The molecule has 0 aliphatic carbocycles. The summed E-state index contributed by atoms with van der Waals surface area (Å²) in [5.41, 5.74) is 1.09. The fraction of sp³-hybridized carbons (Fsp3) is 0.357. The summed E-state index contributed by atoms with van der Waals surface area (Å²) in [6, 6.07) is 7.96. The number of hydrogen-bond donors (Lipinski definition) is 0. The first kappa shape index (κ1) is 16.6. The predicted octanol–water partition coefficient (Wildman–Crippen LogP) is 2.20. The Labute approximate surface area is 120 Å². The van der Waals surface area contributed by atoms with Crippen molar-refractivity contribution < 1.29 is 22.8 Å². The Kier molecular flexibility index (Phi) is 6.60. The summed E-state index contributed by atoms with van der Waals surface area (Å²) >= 11 is 0. The molecule has 0 heterocycles. The molecule has 1 aromatic rings. The molecule has 1 rings (SSSR count). The van der Waals surface area contributed by atoms with E-state index in [0.29, 0.717) is 11.8 Å². The molecule has 0 atom stereocenters. The molecule has 0 spiro atoms. The van der Waals surface area contributed by atoms with Crippen molar-refractivity contribution in [2.24, 2.45) is 0 Å². The molecular formula is C14H20O5Si. The standard InChI is InChI=1S/C14H20O5Si/c1-5-14(15)19-13-8-6-12(7-9-13)10-11-20(16-2,17-3)18-4/h5-9H,1,10-11H2,2-4H3. The monoisotopic (exact) mass is 296 g/mol. The van der Waals surface area contributed by atoms with E-state index in [2.05, 4.69) is 6.58 Å². The van der Waals surface area contributed by atoms with Crippen molar-refractivity contribution in [3.8, 4) is 5.75 Å². The van der Waals surface area contributed by atoms with Gasteiger partial charge in [0.1, 0.15) is 5.75 Å². The van der Waals surface area contributed by atoms with Gasteiger partial charge in [-0.1, -0.05) is 18.7 Å². The minimum atomic E-state index is -2.54. The molecule has 0 unspecified atom stereocenters. The molecular weight excluding hydrogens is 276 g/mol. The van der Waals surface area contributed by atoms with Gasteiger partial charge in [0.2, 0.25) is 0 Å². The van der Waals surface area contributed by atoms with Crippen LogP contribution in [0.15, 0.2) is 36.9 Å². The summed E-state index contributed by atoms with van der Waals surface area (Å²) in [4.78, 5) is 11.1. The second kappa shape index (κ2) is 7.96. The van der Waals surface area contributed by atoms with Gasteiger partial charge in [0, 0.05) is 33.4 Å². The summed E-state index contributed by atoms with van der Waals surface area (Å²) < 4.78 is 21.1. The number of ether oxygens (including phenoxy) is 1. The van der Waals surface area contributed by atoms with Gasteiger partial charge in [-0.2, -0.15) is 0 Å². The van der Waals surface area contributed by atoms with Crippen LogP contribution in [-0.2, 0) is 24.5 Å². The van der Waals surface area contributed by atoms with Gasteiger partial charge in [-0.25, -0.2) is 4.79 Å². The molecule has 20 heavy (non-hydrogen) atoms. The average Bonchev–Trinajstić information content (AvgIpc) is 2.50. The maximum absolute atomic E-state index is 11.1. The predicted molar refractivity (Wildman–Crippen MR) is 77.6 cm³/mol. The lowest BCUT2D eigenvalue weighted by Crippen LogP contribution is -2.43. The molecule has 110 valence electrons. The minimum absolute atomic E-state index is 0.470. The Bertz CT molecular complexity index is 431. The van der Waals surface area contributed by atoms with Gasteiger partial charge in [0.05, 0.1) is 0 Å². The highest BCUT2D eigenvalue weighted by Gasteiger charge is 2.37. The number of aryl methyl sites for hydroxylation is 1. The van der Waals surface area contributed by atoms with Crippen LogP contribution in [-0.4, -0.2) is 36.1 Å². The van der Waals surface area contributed by atoms with E-state index < -0.39 is 14.8 Å². The molecule has 0 aliphatic heterocycles. The zero-order chi connectivity index (χ0) is 15.0. The van der Waals surface area contributed by atoms with E-state index in [4.69, 9.17) is 18.0 Å². The van der Waals surface area contributed by atoms with Gasteiger partial charge >= 0.3 is 14.8 Å². The molecule has 0 N–H and O–H groups in total. The summed E-state index contributed by atoms with van der Waals surface area (Å²) in [6.45, 7) is 3.35. The molecule has 0 fully saturated rings. The molecule has 0 aromatic heterocycles. The molecule has 0 saturated heterocycles. The summed E-state index contributed by atoms with van der Waals surface area (Å²) in [5.74, 6) is 0.0229. The molecule has 0 saturated carbocycles. The van der Waals surface area contributed by atoms with Crippen LogP contribution in [0.5, 0.6) is 5.75 Å². The first-order valence-electron chi connectivity index (χ1n) is 6.17. The average molecular weight is 296 g/mol. The smallest absolute Gasteiger partial charge is 0.423 e. The number of rotatable bonds is 8. The van der Waals surface area contributed by atoms with Crippen LogP contribution in [0.2, 0.25) is 6.04 Å². The Morgan fingerprint density at radius 2 is 1.70 bits per heavy atom. The third-order valence-electron chi connectivity index (χ3n) is 2.96. The van der Waals surface area contributed by atoms with Crippen molar-refractivity contribution in [1.29, 1.82) is 0 Å². The Morgan fingerprint density at radius 1 is 1.15 bits per heavy atom. The zero-order valence-electron chi connectivity index (χ0n) is 12.0. The second-order valence-corrected chi connectivity index (χ2v) is 7.16. The topological polar surface area (TPSA) is 54.0 Å². The molecule has 0 amide bonds. The number of esters is 1. The molecule has 0 aliphatic rings. The van der Waals surface area contributed by atoms with E-state index in [1.54, 1.807) is 33.5 Å². The number of carbonyl (C=O) groups excluding carboxylic acids is 1. The van der Waals surface area contributed by atoms with Crippen LogP contribution in [0.1, 0.15) is 5.56 Å². The van der Waals surface area contributed by atoms with Gasteiger partial charge in [-0.3, -0.25) is 0 Å². The van der Waals surface area contributed by atoms with Crippen LogP contribution in [0.25, 0.3) is 0 Å². The highest BCUT2D eigenvalue weighted by atomic mass is 28.4. The van der Waals surface area contributed by atoms with Gasteiger partial charge in [-0.05, 0) is 24.1 Å². The third-order valence-corrected chi connectivity index (χ3v) is 5.69. The largest absolute Gasteiger partial charge is 0.500 e. The summed E-state index contributed by atoms with van der Waals surface area (Å²) in [5, 5.41) is 0. The molecule has 5 nitrogen and oxygen atoms in total. The lowest BCUT2D eigenvalue weighted by Gasteiger charge is -2.24. The van der Waals surface area contributed by atoms with Crippen molar-refractivity contribution >= 4 is 14.8 Å². The lowest BCUT2D eigenvalue weighted by atomic mass is 10.2. The Hall–Kier alpha value is -1.47. The van der Waals surface area contributed by atoms with E-state index in [-0.39, 0.29) is 0 Å². The van der Waals surface area contributed by atoms with Gasteiger partial charge in [-0.15, -0.1) is 0 Å². The normalized spacial score (nSPS) is 11.2. The Balaban J connectivity index is 2.61. The minimum Gasteiger partial charge on any atom is -0.423 e. The molecule has 0 bridgehead atoms. The molecule has 1 aromatic carbocycles. The number of hydrogen-bond acceptors (Lipinski definition) is 5. The molecule has 6 heteroatoms. The third kappa shape index (κ3) is 4.57. The van der Waals surface area contributed by atoms with Crippen molar-refractivity contribution in [2.75, 3.05) is 21.3 Å². The highest BCUT2D eigenvalue weighted by molar-refractivity contribution is 6.60. The first-order valence-corrected chi connectivity index (χ1v) is 8.11. The maximum Gasteiger partial charge on any atom is 0.500 e. The highest BCUT2D eigenvalue weighted by Crippen LogP contribution is 2.19. The quantitative estimate of drug-likeness (QED) is 0.318. The van der Waals surface area contributed by atoms with Crippen LogP contribution in [0.4, 0.5) is 0 Å². The van der Waals surface area contributed by atoms with E-state index >= 15 is 0 Å². The van der Waals surface area contributed by atoms with Crippen molar-refractivity contribution in [3.05, 3.63) is 42.5 Å². The second-order valence-electron chi connectivity index (χ2n) is 4.06. The van der Waals surface area contributed by atoms with Crippen molar-refractivity contribution in [1.82, 2.24) is 0 Å². The van der Waals surface area contributed by atoms with Crippen LogP contribution in [0, 0.1) is 0 Å². The fourth-order valence-electron chi connectivity index (χ4n) is 1.74. The van der Waals surface area contributed by atoms with Crippen LogP contribution >= 0.6 is 0 Å². The van der Waals surface area contributed by atoms with E-state index in [1.807, 2.05) is 12.1 Å². The van der Waals surface area contributed by atoms with Crippen LogP contribution < -0.4 is 4.74 Å². The summed E-state index contributed by atoms with van der Waals surface area (Å²) in [6.07, 6.45) is 1.89. The Morgan fingerprint density at radius 3 is 2.15 bits per heavy atom. The van der Waals surface area contributed by atoms with E-state index in [9.17, 15) is 4.79 Å².